The maximum absolute atomic E-state index is 12.2. The lowest BCUT2D eigenvalue weighted by Crippen LogP contribution is -2.31. The molecule has 2 heterocycles. The van der Waals surface area contributed by atoms with Gasteiger partial charge in [0.05, 0.1) is 10.5 Å². The Kier molecular flexibility index (Phi) is 4.69. The lowest BCUT2D eigenvalue weighted by Gasteiger charge is -2.13. The summed E-state index contributed by atoms with van der Waals surface area (Å²) in [4.78, 5) is 28.6. The third-order valence-corrected chi connectivity index (χ3v) is 3.61. The molecule has 1 fully saturated rings. The van der Waals surface area contributed by atoms with Crippen molar-refractivity contribution in [1.29, 1.82) is 0 Å². The van der Waals surface area contributed by atoms with Gasteiger partial charge in [0, 0.05) is 26.2 Å². The average Bonchev–Trinajstić information content (AvgIpc) is 2.89. The molecule has 1 saturated heterocycles. The standard InChI is InChI=1S/C13H19N5O3/c1-14-12-11(5-10(7-15-12)18(20)21)13(19)16-6-9-3-4-17(2)8-9/h5,7,9H,3-4,6,8H2,1-2H3,(H,14,15)(H,16,19). The topological polar surface area (TPSA) is 100 Å². The summed E-state index contributed by atoms with van der Waals surface area (Å²) in [5, 5.41) is 16.4. The van der Waals surface area contributed by atoms with Crippen LogP contribution in [0.1, 0.15) is 16.8 Å². The molecule has 1 aliphatic rings. The third-order valence-electron chi connectivity index (χ3n) is 3.61. The number of hydrogen-bond donors (Lipinski definition) is 2. The van der Waals surface area contributed by atoms with Gasteiger partial charge in [-0.1, -0.05) is 0 Å². The highest BCUT2D eigenvalue weighted by molar-refractivity contribution is 5.99. The predicted octanol–water partition coefficient (Wildman–Crippen LogP) is 0.713. The maximum Gasteiger partial charge on any atom is 0.288 e. The van der Waals surface area contributed by atoms with Crippen molar-refractivity contribution in [2.24, 2.45) is 5.92 Å². The first-order valence-corrected chi connectivity index (χ1v) is 6.80. The minimum atomic E-state index is -0.560. The van der Waals surface area contributed by atoms with Gasteiger partial charge in [0.2, 0.25) is 0 Å². The fourth-order valence-corrected chi connectivity index (χ4v) is 2.45. The number of likely N-dealkylation sites (tertiary alicyclic amines) is 1. The molecule has 0 aromatic carbocycles. The Morgan fingerprint density at radius 3 is 2.95 bits per heavy atom. The second-order valence-electron chi connectivity index (χ2n) is 5.22. The number of hydrogen-bond acceptors (Lipinski definition) is 6. The number of aromatic nitrogens is 1. The zero-order valence-electron chi connectivity index (χ0n) is 12.1. The van der Waals surface area contributed by atoms with Crippen molar-refractivity contribution in [3.63, 3.8) is 0 Å². The number of carbonyl (C=O) groups excluding carboxylic acids is 1. The number of anilines is 1. The zero-order chi connectivity index (χ0) is 15.4. The van der Waals surface area contributed by atoms with Crippen LogP contribution in [0.3, 0.4) is 0 Å². The van der Waals surface area contributed by atoms with Crippen molar-refractivity contribution in [3.05, 3.63) is 27.9 Å². The van der Waals surface area contributed by atoms with E-state index in [0.29, 0.717) is 18.3 Å². The van der Waals surface area contributed by atoms with Crippen LogP contribution in [0.15, 0.2) is 12.3 Å². The van der Waals surface area contributed by atoms with Crippen LogP contribution < -0.4 is 10.6 Å². The highest BCUT2D eigenvalue weighted by Crippen LogP contribution is 2.19. The van der Waals surface area contributed by atoms with Gasteiger partial charge >= 0.3 is 0 Å². The molecule has 114 valence electrons. The molecule has 0 saturated carbocycles. The SMILES string of the molecule is CNc1ncc([N+](=O)[O-])cc1C(=O)NCC1CCN(C)C1. The van der Waals surface area contributed by atoms with Crippen molar-refractivity contribution in [1.82, 2.24) is 15.2 Å². The van der Waals surface area contributed by atoms with Crippen LogP contribution in [-0.2, 0) is 0 Å². The van der Waals surface area contributed by atoms with Gasteiger partial charge in [-0.2, -0.15) is 0 Å². The predicted molar refractivity (Wildman–Crippen MR) is 78.4 cm³/mol. The van der Waals surface area contributed by atoms with Crippen molar-refractivity contribution >= 4 is 17.4 Å². The molecule has 2 N–H and O–H groups in total. The van der Waals surface area contributed by atoms with Crippen molar-refractivity contribution < 1.29 is 9.72 Å². The summed E-state index contributed by atoms with van der Waals surface area (Å²) in [5.41, 5.74) is -0.00204. The van der Waals surface area contributed by atoms with Crippen LogP contribution in [0.2, 0.25) is 0 Å². The molecular weight excluding hydrogens is 274 g/mol. The lowest BCUT2D eigenvalue weighted by molar-refractivity contribution is -0.385. The van der Waals surface area contributed by atoms with E-state index in [9.17, 15) is 14.9 Å². The second-order valence-corrected chi connectivity index (χ2v) is 5.22. The molecule has 8 heteroatoms. The number of nitro groups is 1. The van der Waals surface area contributed by atoms with Crippen molar-refractivity contribution in [2.75, 3.05) is 39.0 Å². The van der Waals surface area contributed by atoms with Crippen LogP contribution in [0.4, 0.5) is 11.5 Å². The Labute approximate surface area is 122 Å². The lowest BCUT2D eigenvalue weighted by atomic mass is 10.1. The van der Waals surface area contributed by atoms with Gasteiger partial charge in [-0.05, 0) is 25.9 Å². The van der Waals surface area contributed by atoms with Crippen LogP contribution in [0.5, 0.6) is 0 Å². The second kappa shape index (κ2) is 6.49. The highest BCUT2D eigenvalue weighted by atomic mass is 16.6. The number of nitrogens with zero attached hydrogens (tertiary/aromatic N) is 3. The first kappa shape index (κ1) is 15.2. The normalized spacial score (nSPS) is 18.5. The Morgan fingerprint density at radius 2 is 2.38 bits per heavy atom. The number of rotatable bonds is 5. The van der Waals surface area contributed by atoms with E-state index in [4.69, 9.17) is 0 Å². The molecule has 0 aliphatic carbocycles. The van der Waals surface area contributed by atoms with Crippen LogP contribution >= 0.6 is 0 Å². The fraction of sp³-hybridized carbons (Fsp3) is 0.538. The van der Waals surface area contributed by atoms with Gasteiger partial charge in [-0.15, -0.1) is 0 Å². The van der Waals surface area contributed by atoms with Crippen molar-refractivity contribution in [2.45, 2.75) is 6.42 Å². The van der Waals surface area contributed by atoms with Gasteiger partial charge in [-0.25, -0.2) is 4.98 Å². The molecule has 1 amide bonds. The molecular formula is C13H19N5O3. The Balaban J connectivity index is 2.06. The van der Waals surface area contributed by atoms with Gasteiger partial charge in [0.1, 0.15) is 12.0 Å². The van der Waals surface area contributed by atoms with E-state index in [1.807, 2.05) is 7.05 Å². The summed E-state index contributed by atoms with van der Waals surface area (Å²) in [7, 11) is 3.67. The van der Waals surface area contributed by atoms with Crippen LogP contribution in [0, 0.1) is 16.0 Å². The molecule has 21 heavy (non-hydrogen) atoms. The van der Waals surface area contributed by atoms with Crippen molar-refractivity contribution in [3.8, 4) is 0 Å². The van der Waals surface area contributed by atoms with E-state index in [2.05, 4.69) is 20.5 Å². The summed E-state index contributed by atoms with van der Waals surface area (Å²) >= 11 is 0. The monoisotopic (exact) mass is 293 g/mol. The Morgan fingerprint density at radius 1 is 1.62 bits per heavy atom. The molecule has 0 bridgehead atoms. The fourth-order valence-electron chi connectivity index (χ4n) is 2.45. The van der Waals surface area contributed by atoms with E-state index in [1.165, 1.54) is 6.07 Å². The molecule has 0 spiro atoms. The summed E-state index contributed by atoms with van der Waals surface area (Å²) in [6.07, 6.45) is 2.18. The smallest absolute Gasteiger partial charge is 0.288 e. The summed E-state index contributed by atoms with van der Waals surface area (Å²) in [6.45, 7) is 2.54. The largest absolute Gasteiger partial charge is 0.372 e. The van der Waals surface area contributed by atoms with E-state index in [0.717, 1.165) is 25.7 Å². The summed E-state index contributed by atoms with van der Waals surface area (Å²) in [5.74, 6) is 0.412. The molecule has 1 aromatic rings. The molecule has 2 rings (SSSR count). The zero-order valence-corrected chi connectivity index (χ0v) is 12.1. The first-order chi connectivity index (χ1) is 10.0. The Bertz CT molecular complexity index is 549. The quantitative estimate of drug-likeness (QED) is 0.612. The van der Waals surface area contributed by atoms with Gasteiger partial charge in [0.25, 0.3) is 11.6 Å². The molecule has 1 atom stereocenters. The van der Waals surface area contributed by atoms with Gasteiger partial charge in [0.15, 0.2) is 0 Å². The highest BCUT2D eigenvalue weighted by Gasteiger charge is 2.22. The van der Waals surface area contributed by atoms with E-state index in [1.54, 1.807) is 7.05 Å². The van der Waals surface area contributed by atoms with Crippen LogP contribution in [0.25, 0.3) is 0 Å². The number of amides is 1. The number of carbonyl (C=O) groups is 1. The van der Waals surface area contributed by atoms with E-state index < -0.39 is 4.92 Å². The molecule has 1 unspecified atom stereocenters. The molecule has 1 aliphatic heterocycles. The Hall–Kier alpha value is -2.22. The third kappa shape index (κ3) is 3.66. The van der Waals surface area contributed by atoms with Gasteiger partial charge in [-0.3, -0.25) is 14.9 Å². The van der Waals surface area contributed by atoms with E-state index >= 15 is 0 Å². The van der Waals surface area contributed by atoms with Crippen LogP contribution in [-0.4, -0.2) is 54.4 Å². The maximum atomic E-state index is 12.2. The first-order valence-electron chi connectivity index (χ1n) is 6.80. The number of pyridine rings is 1. The van der Waals surface area contributed by atoms with E-state index in [-0.39, 0.29) is 17.2 Å². The molecule has 1 aromatic heterocycles. The minimum Gasteiger partial charge on any atom is -0.372 e. The molecule has 8 nitrogen and oxygen atoms in total. The number of nitrogens with one attached hydrogen (secondary N) is 2. The average molecular weight is 293 g/mol. The molecule has 0 radical (unpaired) electrons. The van der Waals surface area contributed by atoms with Gasteiger partial charge < -0.3 is 15.5 Å². The summed E-state index contributed by atoms with van der Waals surface area (Å²) in [6, 6.07) is 1.24. The minimum absolute atomic E-state index is 0.193. The summed E-state index contributed by atoms with van der Waals surface area (Å²) < 4.78 is 0.